The van der Waals surface area contributed by atoms with Crippen LogP contribution < -0.4 is 5.32 Å². The van der Waals surface area contributed by atoms with E-state index in [1.54, 1.807) is 31.3 Å². The molecule has 0 radical (unpaired) electrons. The van der Waals surface area contributed by atoms with Crippen molar-refractivity contribution < 1.29 is 14.4 Å². The Morgan fingerprint density at radius 3 is 2.33 bits per heavy atom. The molecule has 1 N–H and O–H groups in total. The fourth-order valence-corrected chi connectivity index (χ4v) is 3.13. The fraction of sp³-hybridized carbons (Fsp3) is 0.316. The summed E-state index contributed by atoms with van der Waals surface area (Å²) in [5.41, 5.74) is 0.793. The maximum Gasteiger partial charge on any atom is 0.262 e. The predicted octanol–water partition coefficient (Wildman–Crippen LogP) is 1.94. The van der Waals surface area contributed by atoms with Gasteiger partial charge in [0.1, 0.15) is 23.5 Å². The molecule has 2 aromatic rings. The number of carbonyl (C=O) groups is 3. The van der Waals surface area contributed by atoms with Gasteiger partial charge in [-0.1, -0.05) is 26.0 Å². The average Bonchev–Trinajstić information content (AvgIpc) is 3.11. The second kappa shape index (κ2) is 7.03. The van der Waals surface area contributed by atoms with E-state index in [1.165, 1.54) is 10.9 Å². The number of hydrogen-bond acceptors (Lipinski definition) is 5. The van der Waals surface area contributed by atoms with Crippen LogP contribution >= 0.6 is 0 Å². The molecule has 27 heavy (non-hydrogen) atoms. The van der Waals surface area contributed by atoms with Gasteiger partial charge >= 0.3 is 0 Å². The third-order valence-electron chi connectivity index (χ3n) is 4.44. The number of fused-ring (bicyclic) bond motifs is 1. The smallest absolute Gasteiger partial charge is 0.262 e. The van der Waals surface area contributed by atoms with Gasteiger partial charge in [0.25, 0.3) is 11.8 Å². The summed E-state index contributed by atoms with van der Waals surface area (Å²) in [5.74, 6) is -1.21. The van der Waals surface area contributed by atoms with Gasteiger partial charge in [-0.05, 0) is 24.5 Å². The number of rotatable bonds is 5. The molecule has 1 unspecified atom stereocenters. The Hall–Kier alpha value is -3.47. The molecule has 1 atom stereocenters. The van der Waals surface area contributed by atoms with Crippen LogP contribution in [0.25, 0.3) is 0 Å². The first-order valence-electron chi connectivity index (χ1n) is 8.55. The SMILES string of the molecule is CC(C)CC(C(=O)Nc1c(C#N)cnn1C)N1C(=O)c2ccccc2C1=O. The number of imide groups is 1. The summed E-state index contributed by atoms with van der Waals surface area (Å²) in [6.07, 6.45) is 1.64. The maximum absolute atomic E-state index is 13.0. The van der Waals surface area contributed by atoms with Crippen molar-refractivity contribution in [3.05, 3.63) is 47.2 Å². The fourth-order valence-electron chi connectivity index (χ4n) is 3.13. The first-order valence-corrected chi connectivity index (χ1v) is 8.55. The molecule has 8 heteroatoms. The molecule has 1 aromatic carbocycles. The summed E-state index contributed by atoms with van der Waals surface area (Å²) in [7, 11) is 1.59. The average molecular weight is 365 g/mol. The van der Waals surface area contributed by atoms with Crippen LogP contribution in [0.1, 0.15) is 46.5 Å². The van der Waals surface area contributed by atoms with Crippen LogP contribution in [-0.2, 0) is 11.8 Å². The highest BCUT2D eigenvalue weighted by molar-refractivity contribution is 6.23. The molecule has 0 aliphatic carbocycles. The van der Waals surface area contributed by atoms with Crippen LogP contribution in [0.4, 0.5) is 5.82 Å². The molecular formula is C19H19N5O3. The van der Waals surface area contributed by atoms with Gasteiger partial charge in [0.2, 0.25) is 5.91 Å². The summed E-state index contributed by atoms with van der Waals surface area (Å²) >= 11 is 0. The lowest BCUT2D eigenvalue weighted by Gasteiger charge is -2.26. The summed E-state index contributed by atoms with van der Waals surface area (Å²) < 4.78 is 1.37. The molecule has 1 aliphatic heterocycles. The first kappa shape index (κ1) is 18.3. The van der Waals surface area contributed by atoms with Crippen molar-refractivity contribution in [1.29, 1.82) is 5.26 Å². The molecule has 0 fully saturated rings. The van der Waals surface area contributed by atoms with Crippen LogP contribution in [0.2, 0.25) is 0 Å². The number of nitriles is 1. The Balaban J connectivity index is 1.94. The monoisotopic (exact) mass is 365 g/mol. The Morgan fingerprint density at radius 2 is 1.81 bits per heavy atom. The van der Waals surface area contributed by atoms with Gasteiger partial charge in [0, 0.05) is 7.05 Å². The molecule has 0 bridgehead atoms. The Bertz CT molecular complexity index is 935. The predicted molar refractivity (Wildman–Crippen MR) is 96.7 cm³/mol. The molecule has 1 aromatic heterocycles. The molecule has 138 valence electrons. The lowest BCUT2D eigenvalue weighted by Crippen LogP contribution is -2.48. The molecule has 0 spiro atoms. The van der Waals surface area contributed by atoms with E-state index >= 15 is 0 Å². The van der Waals surface area contributed by atoms with Gasteiger partial charge in [0.15, 0.2) is 0 Å². The van der Waals surface area contributed by atoms with Crippen molar-refractivity contribution >= 4 is 23.5 Å². The maximum atomic E-state index is 13.0. The Kier molecular flexibility index (Phi) is 4.77. The lowest BCUT2D eigenvalue weighted by atomic mass is 10.0. The summed E-state index contributed by atoms with van der Waals surface area (Å²) in [6, 6.07) is 7.49. The number of aryl methyl sites for hydroxylation is 1. The van der Waals surface area contributed by atoms with Crippen LogP contribution in [-0.4, -0.2) is 38.4 Å². The molecule has 8 nitrogen and oxygen atoms in total. The zero-order valence-corrected chi connectivity index (χ0v) is 15.3. The topological polar surface area (TPSA) is 108 Å². The molecule has 2 heterocycles. The number of aromatic nitrogens is 2. The minimum absolute atomic E-state index is 0.0621. The number of benzene rings is 1. The highest BCUT2D eigenvalue weighted by Gasteiger charge is 2.43. The van der Waals surface area contributed by atoms with E-state index in [0.717, 1.165) is 4.90 Å². The number of hydrogen-bond donors (Lipinski definition) is 1. The summed E-state index contributed by atoms with van der Waals surface area (Å²) in [6.45, 7) is 3.81. The molecule has 0 saturated heterocycles. The van der Waals surface area contributed by atoms with Crippen LogP contribution in [0.3, 0.4) is 0 Å². The largest absolute Gasteiger partial charge is 0.308 e. The molecule has 3 rings (SSSR count). The van der Waals surface area contributed by atoms with Crippen LogP contribution in [0, 0.1) is 17.2 Å². The van der Waals surface area contributed by atoms with Crippen molar-refractivity contribution in [1.82, 2.24) is 14.7 Å². The van der Waals surface area contributed by atoms with Gasteiger partial charge in [-0.2, -0.15) is 10.4 Å². The summed E-state index contributed by atoms with van der Waals surface area (Å²) in [5, 5.41) is 15.8. The third-order valence-corrected chi connectivity index (χ3v) is 4.44. The second-order valence-electron chi connectivity index (χ2n) is 6.80. The second-order valence-corrected chi connectivity index (χ2v) is 6.80. The van der Waals surface area contributed by atoms with Crippen molar-refractivity contribution in [3.8, 4) is 6.07 Å². The standard InChI is InChI=1S/C19H19N5O3/c1-11(2)8-15(17(25)22-16-12(9-20)10-21-23(16)3)24-18(26)13-6-4-5-7-14(13)19(24)27/h4-7,10-11,15H,8H2,1-3H3,(H,22,25). The molecular weight excluding hydrogens is 346 g/mol. The zero-order chi connectivity index (χ0) is 19.7. The van der Waals surface area contributed by atoms with Gasteiger partial charge < -0.3 is 5.32 Å². The normalized spacial score (nSPS) is 14.3. The van der Waals surface area contributed by atoms with Gasteiger partial charge in [-0.15, -0.1) is 0 Å². The number of nitrogens with one attached hydrogen (secondary N) is 1. The quantitative estimate of drug-likeness (QED) is 0.815. The van der Waals surface area contributed by atoms with Crippen molar-refractivity contribution in [2.24, 2.45) is 13.0 Å². The van der Waals surface area contributed by atoms with E-state index < -0.39 is 23.8 Å². The van der Waals surface area contributed by atoms with E-state index in [4.69, 9.17) is 5.26 Å². The van der Waals surface area contributed by atoms with Crippen molar-refractivity contribution in [3.63, 3.8) is 0 Å². The Labute approximate surface area is 156 Å². The number of carbonyl (C=O) groups excluding carboxylic acids is 3. The van der Waals surface area contributed by atoms with E-state index in [9.17, 15) is 14.4 Å². The lowest BCUT2D eigenvalue weighted by molar-refractivity contribution is -0.120. The van der Waals surface area contributed by atoms with E-state index in [-0.39, 0.29) is 17.3 Å². The zero-order valence-electron chi connectivity index (χ0n) is 15.3. The van der Waals surface area contributed by atoms with Gasteiger partial charge in [-0.25, -0.2) is 0 Å². The highest BCUT2D eigenvalue weighted by atomic mass is 16.2. The number of nitrogens with zero attached hydrogens (tertiary/aromatic N) is 4. The first-order chi connectivity index (χ1) is 12.8. The van der Waals surface area contributed by atoms with Gasteiger partial charge in [-0.3, -0.25) is 24.0 Å². The van der Waals surface area contributed by atoms with E-state index in [0.29, 0.717) is 17.5 Å². The van der Waals surface area contributed by atoms with Crippen molar-refractivity contribution in [2.45, 2.75) is 26.3 Å². The van der Waals surface area contributed by atoms with Crippen LogP contribution in [0.15, 0.2) is 30.5 Å². The van der Waals surface area contributed by atoms with E-state index in [2.05, 4.69) is 10.4 Å². The minimum Gasteiger partial charge on any atom is -0.308 e. The van der Waals surface area contributed by atoms with Crippen molar-refractivity contribution in [2.75, 3.05) is 5.32 Å². The molecule has 3 amide bonds. The number of amides is 3. The molecule has 1 aliphatic rings. The van der Waals surface area contributed by atoms with E-state index in [1.807, 2.05) is 19.9 Å². The molecule has 0 saturated carbocycles. The highest BCUT2D eigenvalue weighted by Crippen LogP contribution is 2.27. The summed E-state index contributed by atoms with van der Waals surface area (Å²) in [4.78, 5) is 39.6. The van der Waals surface area contributed by atoms with Crippen LogP contribution in [0.5, 0.6) is 0 Å². The Morgan fingerprint density at radius 1 is 1.22 bits per heavy atom. The number of anilines is 1. The van der Waals surface area contributed by atoms with Gasteiger partial charge in [0.05, 0.1) is 17.3 Å². The third kappa shape index (κ3) is 3.19. The minimum atomic E-state index is -0.987.